The van der Waals surface area contributed by atoms with Crippen LogP contribution in [0.4, 0.5) is 0 Å². The van der Waals surface area contributed by atoms with E-state index in [1.165, 1.54) is 107 Å². The van der Waals surface area contributed by atoms with Crippen LogP contribution in [-0.2, 0) is 9.47 Å². The van der Waals surface area contributed by atoms with E-state index in [1.807, 2.05) is 43.2 Å². The van der Waals surface area contributed by atoms with Gasteiger partial charge in [-0.1, -0.05) is 126 Å². The van der Waals surface area contributed by atoms with E-state index < -0.39 is 0 Å². The highest BCUT2D eigenvalue weighted by molar-refractivity contribution is 8.77. The normalized spacial score (nSPS) is 19.5. The molecule has 0 amide bonds. The Morgan fingerprint density at radius 2 is 1.31 bits per heavy atom. The molecule has 0 aromatic carbocycles. The second-order valence-electron chi connectivity index (χ2n) is 11.7. The summed E-state index contributed by atoms with van der Waals surface area (Å²) >= 11 is 0. The standard InChI is InChI=1S/C35H65NO2S4/c1-5-7-9-11-13-15-17-21-29-39-41-31-23-19-26-35(37-33-34(38-35)25-28-36(3)4)27-20-24-32-42-40-30-22-18-16-14-12-10-8-6-2/h15-18,23,31,34H,5-14,19-22,24-30,32-33H2,1-4H3/b17-15-,18-16-,31-23+. The van der Waals surface area contributed by atoms with Crippen LogP contribution in [-0.4, -0.2) is 61.3 Å². The minimum atomic E-state index is -0.388. The van der Waals surface area contributed by atoms with Gasteiger partial charge in [0.2, 0.25) is 0 Å². The summed E-state index contributed by atoms with van der Waals surface area (Å²) in [6.45, 7) is 6.34. The van der Waals surface area contributed by atoms with Gasteiger partial charge in [-0.3, -0.25) is 0 Å². The molecule has 2 atom stereocenters. The van der Waals surface area contributed by atoms with E-state index in [0.717, 1.165) is 38.8 Å². The average molecular weight is 660 g/mol. The zero-order valence-corrected chi connectivity index (χ0v) is 31.0. The van der Waals surface area contributed by atoms with Crippen LogP contribution in [0.2, 0.25) is 0 Å². The highest BCUT2D eigenvalue weighted by atomic mass is 33.1. The van der Waals surface area contributed by atoms with Gasteiger partial charge in [0.1, 0.15) is 0 Å². The van der Waals surface area contributed by atoms with E-state index >= 15 is 0 Å². The van der Waals surface area contributed by atoms with E-state index in [2.05, 4.69) is 68.6 Å². The molecule has 0 aliphatic carbocycles. The molecule has 0 aromatic heterocycles. The zero-order valence-electron chi connectivity index (χ0n) is 27.7. The summed E-state index contributed by atoms with van der Waals surface area (Å²) < 4.78 is 13.0. The third-order valence-corrected chi connectivity index (χ3v) is 12.0. The number of hydrogen-bond acceptors (Lipinski definition) is 7. The van der Waals surface area contributed by atoms with Gasteiger partial charge in [-0.25, -0.2) is 0 Å². The Morgan fingerprint density at radius 3 is 1.98 bits per heavy atom. The van der Waals surface area contributed by atoms with E-state index in [-0.39, 0.29) is 11.9 Å². The van der Waals surface area contributed by atoms with Crippen LogP contribution < -0.4 is 0 Å². The first kappa shape index (κ1) is 40.5. The van der Waals surface area contributed by atoms with Gasteiger partial charge in [-0.05, 0) is 83.7 Å². The predicted molar refractivity (Wildman–Crippen MR) is 199 cm³/mol. The fourth-order valence-corrected chi connectivity index (χ4v) is 8.61. The lowest BCUT2D eigenvalue weighted by atomic mass is 10.0. The molecule has 0 aromatic rings. The monoisotopic (exact) mass is 659 g/mol. The SMILES string of the molecule is CCCCCC/C=C\CCSS/C=C/CCC1(CCCCSSCC/C=C\CCCCCC)OCC(CCN(C)C)O1. The number of rotatable bonds is 30. The van der Waals surface area contributed by atoms with Crippen molar-refractivity contribution in [1.29, 1.82) is 0 Å². The van der Waals surface area contributed by atoms with Crippen LogP contribution in [0.3, 0.4) is 0 Å². The number of nitrogens with zero attached hydrogens (tertiary/aromatic N) is 1. The number of unbranched alkanes of at least 4 members (excludes halogenated alkanes) is 9. The maximum atomic E-state index is 6.60. The van der Waals surface area contributed by atoms with Crippen LogP contribution in [0, 0.1) is 0 Å². The van der Waals surface area contributed by atoms with E-state index in [9.17, 15) is 0 Å². The van der Waals surface area contributed by atoms with Crippen molar-refractivity contribution in [3.8, 4) is 0 Å². The first-order valence-corrected chi connectivity index (χ1v) is 21.9. The summed E-state index contributed by atoms with van der Waals surface area (Å²) in [6, 6.07) is 0. The molecule has 1 fully saturated rings. The lowest BCUT2D eigenvalue weighted by molar-refractivity contribution is -0.178. The van der Waals surface area contributed by atoms with E-state index in [0.29, 0.717) is 0 Å². The largest absolute Gasteiger partial charge is 0.347 e. The molecular weight excluding hydrogens is 595 g/mol. The summed E-state index contributed by atoms with van der Waals surface area (Å²) in [6.07, 6.45) is 34.2. The quantitative estimate of drug-likeness (QED) is 0.0429. The fraction of sp³-hybridized carbons (Fsp3) is 0.829. The fourth-order valence-electron chi connectivity index (χ4n) is 4.80. The van der Waals surface area contributed by atoms with Gasteiger partial charge < -0.3 is 14.4 Å². The van der Waals surface area contributed by atoms with Crippen molar-refractivity contribution in [2.45, 2.75) is 141 Å². The molecule has 1 aliphatic heterocycles. The van der Waals surface area contributed by atoms with Gasteiger partial charge in [0, 0.05) is 36.6 Å². The summed E-state index contributed by atoms with van der Waals surface area (Å²) in [5.41, 5.74) is 0. The molecule has 0 N–H and O–H groups in total. The molecule has 0 bridgehead atoms. The molecule has 1 aliphatic rings. The van der Waals surface area contributed by atoms with Gasteiger partial charge in [-0.2, -0.15) is 0 Å². The zero-order chi connectivity index (χ0) is 30.4. The Bertz CT molecular complexity index is 673. The topological polar surface area (TPSA) is 21.7 Å². The molecule has 2 unspecified atom stereocenters. The van der Waals surface area contributed by atoms with Gasteiger partial charge in [-0.15, -0.1) is 0 Å². The smallest absolute Gasteiger partial charge is 0.169 e. The Morgan fingerprint density at radius 1 is 0.667 bits per heavy atom. The third kappa shape index (κ3) is 24.8. The summed E-state index contributed by atoms with van der Waals surface area (Å²) in [5.74, 6) is 3.22. The van der Waals surface area contributed by atoms with Crippen LogP contribution >= 0.6 is 43.2 Å². The molecule has 3 nitrogen and oxygen atoms in total. The molecule has 1 heterocycles. The number of allylic oxidation sites excluding steroid dienone is 5. The second-order valence-corrected chi connectivity index (χ2v) is 16.8. The first-order valence-electron chi connectivity index (χ1n) is 17.1. The summed E-state index contributed by atoms with van der Waals surface area (Å²) in [5, 5.41) is 2.26. The molecule has 246 valence electrons. The lowest BCUT2D eigenvalue weighted by Crippen LogP contribution is -2.31. The van der Waals surface area contributed by atoms with Gasteiger partial charge in [0.25, 0.3) is 0 Å². The Labute approximate surface area is 277 Å². The minimum absolute atomic E-state index is 0.227. The van der Waals surface area contributed by atoms with Crippen molar-refractivity contribution < 1.29 is 9.47 Å². The molecule has 0 spiro atoms. The Hall–Kier alpha value is 0.500. The van der Waals surface area contributed by atoms with Crippen LogP contribution in [0.1, 0.15) is 129 Å². The van der Waals surface area contributed by atoms with E-state index in [4.69, 9.17) is 9.47 Å². The van der Waals surface area contributed by atoms with Crippen molar-refractivity contribution in [1.82, 2.24) is 4.90 Å². The first-order chi connectivity index (χ1) is 20.6. The number of hydrogen-bond donors (Lipinski definition) is 0. The van der Waals surface area contributed by atoms with Crippen molar-refractivity contribution in [3.63, 3.8) is 0 Å². The molecule has 42 heavy (non-hydrogen) atoms. The van der Waals surface area contributed by atoms with Gasteiger partial charge >= 0.3 is 0 Å². The highest BCUT2D eigenvalue weighted by Gasteiger charge is 2.40. The average Bonchev–Trinajstić information content (AvgIpc) is 3.39. The van der Waals surface area contributed by atoms with Crippen molar-refractivity contribution >= 4 is 43.2 Å². The minimum Gasteiger partial charge on any atom is -0.347 e. The maximum Gasteiger partial charge on any atom is 0.169 e. The van der Waals surface area contributed by atoms with Crippen LogP contribution in [0.5, 0.6) is 0 Å². The molecule has 0 radical (unpaired) electrons. The molecule has 1 saturated heterocycles. The third-order valence-electron chi connectivity index (χ3n) is 7.36. The predicted octanol–water partition coefficient (Wildman–Crippen LogP) is 12.1. The molecule has 1 rings (SSSR count). The second kappa shape index (κ2) is 30.2. The molecule has 0 saturated carbocycles. The lowest BCUT2D eigenvalue weighted by Gasteiger charge is -2.28. The Kier molecular flexibility index (Phi) is 29.1. The highest BCUT2D eigenvalue weighted by Crippen LogP contribution is 2.36. The van der Waals surface area contributed by atoms with Crippen molar-refractivity contribution in [2.75, 3.05) is 44.5 Å². The van der Waals surface area contributed by atoms with Gasteiger partial charge in [0.15, 0.2) is 5.79 Å². The molecule has 7 heteroatoms. The summed E-state index contributed by atoms with van der Waals surface area (Å²) in [4.78, 5) is 2.24. The van der Waals surface area contributed by atoms with Crippen molar-refractivity contribution in [3.05, 3.63) is 35.8 Å². The van der Waals surface area contributed by atoms with Crippen LogP contribution in [0.25, 0.3) is 0 Å². The van der Waals surface area contributed by atoms with Crippen molar-refractivity contribution in [2.24, 2.45) is 0 Å². The number of ether oxygens (including phenoxy) is 2. The van der Waals surface area contributed by atoms with Gasteiger partial charge in [0.05, 0.1) is 12.7 Å². The summed E-state index contributed by atoms with van der Waals surface area (Å²) in [7, 11) is 12.2. The van der Waals surface area contributed by atoms with E-state index in [1.54, 1.807) is 0 Å². The maximum absolute atomic E-state index is 6.60. The Balaban J connectivity index is 2.21. The van der Waals surface area contributed by atoms with Crippen LogP contribution in [0.15, 0.2) is 35.8 Å². The molecular formula is C35H65NO2S4.